The van der Waals surface area contributed by atoms with E-state index >= 15 is 0 Å². The molecule has 2 heterocycles. The topological polar surface area (TPSA) is 63.6 Å². The molecule has 0 atom stereocenters. The summed E-state index contributed by atoms with van der Waals surface area (Å²) in [6.45, 7) is 7.94. The van der Waals surface area contributed by atoms with Crippen LogP contribution in [0.2, 0.25) is 5.15 Å². The van der Waals surface area contributed by atoms with Gasteiger partial charge in [0.1, 0.15) is 5.52 Å². The predicted octanol–water partition coefficient (Wildman–Crippen LogP) is 2.29. The van der Waals surface area contributed by atoms with Crippen molar-refractivity contribution in [2.45, 2.75) is 13.8 Å². The van der Waals surface area contributed by atoms with Crippen LogP contribution in [0.25, 0.3) is 11.2 Å². The molecule has 0 aromatic carbocycles. The Bertz CT molecular complexity index is 582. The van der Waals surface area contributed by atoms with Crippen molar-refractivity contribution < 1.29 is 0 Å². The fourth-order valence-electron chi connectivity index (χ4n) is 1.32. The van der Waals surface area contributed by atoms with Crippen molar-refractivity contribution in [2.75, 3.05) is 11.9 Å². The predicted molar refractivity (Wildman–Crippen MR) is 68.3 cm³/mol. The minimum Gasteiger partial charge on any atom is -0.351 e. The highest BCUT2D eigenvalue weighted by Gasteiger charge is 2.09. The molecule has 2 aromatic rings. The number of aryl methyl sites for hydroxylation is 2. The normalized spacial score (nSPS) is 10.5. The number of fused-ring (bicyclic) bond motifs is 1. The van der Waals surface area contributed by atoms with E-state index in [0.29, 0.717) is 28.8 Å². The molecule has 88 valence electrons. The van der Waals surface area contributed by atoms with Crippen molar-refractivity contribution in [1.82, 2.24) is 19.9 Å². The van der Waals surface area contributed by atoms with Gasteiger partial charge < -0.3 is 5.32 Å². The molecule has 0 saturated heterocycles. The maximum atomic E-state index is 6.05. The largest absolute Gasteiger partial charge is 0.351 e. The highest BCUT2D eigenvalue weighted by molar-refractivity contribution is 6.33. The van der Waals surface area contributed by atoms with Crippen LogP contribution in [0.15, 0.2) is 12.7 Å². The van der Waals surface area contributed by atoms with E-state index in [1.165, 1.54) is 0 Å². The van der Waals surface area contributed by atoms with E-state index in [1.807, 2.05) is 13.8 Å². The Hall–Kier alpha value is -1.75. The Morgan fingerprint density at radius 1 is 1.18 bits per heavy atom. The lowest BCUT2D eigenvalue weighted by atomic mass is 10.3. The molecule has 0 spiro atoms. The van der Waals surface area contributed by atoms with Gasteiger partial charge in [0.15, 0.2) is 10.8 Å². The summed E-state index contributed by atoms with van der Waals surface area (Å²) >= 11 is 6.05. The smallest absolute Gasteiger partial charge is 0.226 e. The fourth-order valence-corrected chi connectivity index (χ4v) is 1.53. The van der Waals surface area contributed by atoms with Crippen molar-refractivity contribution in [3.63, 3.8) is 0 Å². The summed E-state index contributed by atoms with van der Waals surface area (Å²) in [5.41, 5.74) is 2.69. The number of hydrogen-bond donors (Lipinski definition) is 1. The third kappa shape index (κ3) is 2.34. The first-order valence-corrected chi connectivity index (χ1v) is 5.53. The lowest BCUT2D eigenvalue weighted by Crippen LogP contribution is -2.05. The first-order chi connectivity index (χ1) is 8.11. The molecule has 6 heteroatoms. The van der Waals surface area contributed by atoms with Gasteiger partial charge in [-0.2, -0.15) is 9.97 Å². The molecular weight excluding hydrogens is 238 g/mol. The first kappa shape index (κ1) is 11.7. The molecule has 0 unspecified atom stereocenters. The Kier molecular flexibility index (Phi) is 3.19. The summed E-state index contributed by atoms with van der Waals surface area (Å²) in [6, 6.07) is 0. The average molecular weight is 250 g/mol. The summed E-state index contributed by atoms with van der Waals surface area (Å²) in [6.07, 6.45) is 1.72. The van der Waals surface area contributed by atoms with Gasteiger partial charge in [-0.25, -0.2) is 9.97 Å². The van der Waals surface area contributed by atoms with Gasteiger partial charge in [-0.15, -0.1) is 6.58 Å². The Morgan fingerprint density at radius 2 is 1.88 bits per heavy atom. The molecule has 2 rings (SSSR count). The Morgan fingerprint density at radius 3 is 2.59 bits per heavy atom. The molecule has 0 bridgehead atoms. The van der Waals surface area contributed by atoms with Crippen LogP contribution in [-0.2, 0) is 0 Å². The van der Waals surface area contributed by atoms with E-state index in [0.717, 1.165) is 11.4 Å². The van der Waals surface area contributed by atoms with E-state index in [-0.39, 0.29) is 0 Å². The summed E-state index contributed by atoms with van der Waals surface area (Å²) in [5, 5.41) is 3.27. The zero-order chi connectivity index (χ0) is 12.4. The third-order valence-electron chi connectivity index (χ3n) is 2.30. The van der Waals surface area contributed by atoms with Gasteiger partial charge >= 0.3 is 0 Å². The Labute approximate surface area is 104 Å². The van der Waals surface area contributed by atoms with Crippen molar-refractivity contribution in [3.8, 4) is 0 Å². The summed E-state index contributed by atoms with van der Waals surface area (Å²) < 4.78 is 0. The number of rotatable bonds is 3. The second-order valence-electron chi connectivity index (χ2n) is 3.57. The monoisotopic (exact) mass is 249 g/mol. The summed E-state index contributed by atoms with van der Waals surface area (Å²) in [5.74, 6) is 0.431. The summed E-state index contributed by atoms with van der Waals surface area (Å²) in [7, 11) is 0. The van der Waals surface area contributed by atoms with Crippen LogP contribution in [0.4, 0.5) is 5.95 Å². The molecule has 17 heavy (non-hydrogen) atoms. The number of nitrogens with one attached hydrogen (secondary N) is 1. The van der Waals surface area contributed by atoms with Gasteiger partial charge in [0, 0.05) is 6.54 Å². The zero-order valence-electron chi connectivity index (χ0n) is 9.66. The fraction of sp³-hybridized carbons (Fsp3) is 0.273. The lowest BCUT2D eigenvalue weighted by molar-refractivity contribution is 1.05. The Balaban J connectivity index is 2.56. The number of aromatic nitrogens is 4. The van der Waals surface area contributed by atoms with Crippen molar-refractivity contribution >= 4 is 28.7 Å². The van der Waals surface area contributed by atoms with Crippen molar-refractivity contribution in [1.29, 1.82) is 0 Å². The molecular formula is C11H12ClN5. The SMILES string of the molecule is C=CCNc1nc(Cl)c2nc(C)c(C)nc2n1. The van der Waals surface area contributed by atoms with Gasteiger partial charge in [-0.3, -0.25) is 0 Å². The first-order valence-electron chi connectivity index (χ1n) is 5.15. The van der Waals surface area contributed by atoms with Crippen molar-refractivity contribution in [2.24, 2.45) is 0 Å². The van der Waals surface area contributed by atoms with Gasteiger partial charge in [-0.1, -0.05) is 17.7 Å². The maximum Gasteiger partial charge on any atom is 0.226 e. The molecule has 2 aromatic heterocycles. The van der Waals surface area contributed by atoms with E-state index in [1.54, 1.807) is 6.08 Å². The van der Waals surface area contributed by atoms with Crippen LogP contribution < -0.4 is 5.32 Å². The number of halogens is 1. The molecule has 5 nitrogen and oxygen atoms in total. The van der Waals surface area contributed by atoms with Crippen LogP contribution >= 0.6 is 11.6 Å². The number of anilines is 1. The van der Waals surface area contributed by atoms with Crippen LogP contribution in [0, 0.1) is 13.8 Å². The standard InChI is InChI=1S/C11H12ClN5/c1-4-5-13-11-16-9(12)8-10(17-11)15-7(3)6(2)14-8/h4H,1,5H2,2-3H3,(H,13,15,16,17). The molecule has 0 aliphatic carbocycles. The second-order valence-corrected chi connectivity index (χ2v) is 3.93. The van der Waals surface area contributed by atoms with Crippen LogP contribution in [0.3, 0.4) is 0 Å². The van der Waals surface area contributed by atoms with Crippen LogP contribution in [0.1, 0.15) is 11.4 Å². The van der Waals surface area contributed by atoms with Crippen LogP contribution in [-0.4, -0.2) is 26.5 Å². The molecule has 0 amide bonds. The van der Waals surface area contributed by atoms with Gasteiger partial charge in [0.25, 0.3) is 0 Å². The second kappa shape index (κ2) is 4.63. The molecule has 0 aliphatic heterocycles. The van der Waals surface area contributed by atoms with E-state index < -0.39 is 0 Å². The van der Waals surface area contributed by atoms with E-state index in [2.05, 4.69) is 31.8 Å². The lowest BCUT2D eigenvalue weighted by Gasteiger charge is -2.06. The van der Waals surface area contributed by atoms with E-state index in [4.69, 9.17) is 11.6 Å². The van der Waals surface area contributed by atoms with Crippen LogP contribution in [0.5, 0.6) is 0 Å². The highest BCUT2D eigenvalue weighted by Crippen LogP contribution is 2.19. The number of nitrogens with zero attached hydrogens (tertiary/aromatic N) is 4. The molecule has 0 aliphatic rings. The van der Waals surface area contributed by atoms with Gasteiger partial charge in [0.2, 0.25) is 5.95 Å². The van der Waals surface area contributed by atoms with Crippen molar-refractivity contribution in [3.05, 3.63) is 29.2 Å². The highest BCUT2D eigenvalue weighted by atomic mass is 35.5. The zero-order valence-corrected chi connectivity index (χ0v) is 10.4. The van der Waals surface area contributed by atoms with Gasteiger partial charge in [-0.05, 0) is 13.8 Å². The maximum absolute atomic E-state index is 6.05. The molecule has 0 saturated carbocycles. The number of hydrogen-bond acceptors (Lipinski definition) is 5. The molecule has 1 N–H and O–H groups in total. The summed E-state index contributed by atoms with van der Waals surface area (Å²) in [4.78, 5) is 17.0. The quantitative estimate of drug-likeness (QED) is 0.668. The van der Waals surface area contributed by atoms with Gasteiger partial charge in [0.05, 0.1) is 11.4 Å². The minimum atomic E-state index is 0.303. The van der Waals surface area contributed by atoms with E-state index in [9.17, 15) is 0 Å². The molecule has 0 radical (unpaired) electrons. The third-order valence-corrected chi connectivity index (χ3v) is 2.57. The average Bonchev–Trinajstić information content (AvgIpc) is 2.29. The minimum absolute atomic E-state index is 0.303. The molecule has 0 fully saturated rings.